The molecule has 0 unspecified atom stereocenters. The van der Waals surface area contributed by atoms with E-state index in [4.69, 9.17) is 23.2 Å². The van der Waals surface area contributed by atoms with Gasteiger partial charge in [-0.05, 0) is 50.9 Å². The highest BCUT2D eigenvalue weighted by Crippen LogP contribution is 2.20. The minimum absolute atomic E-state index is 0.0715. The van der Waals surface area contributed by atoms with Crippen molar-refractivity contribution in [3.05, 3.63) is 33.8 Å². The van der Waals surface area contributed by atoms with Crippen LogP contribution in [-0.2, 0) is 4.79 Å². The number of nitrogens with zero attached hydrogens (tertiary/aromatic N) is 1. The summed E-state index contributed by atoms with van der Waals surface area (Å²) in [5.74, 6) is -0.593. The molecule has 0 bridgehead atoms. The van der Waals surface area contributed by atoms with Crippen LogP contribution in [-0.4, -0.2) is 48.9 Å². The molecule has 0 aromatic heterocycles. The van der Waals surface area contributed by atoms with Crippen molar-refractivity contribution < 1.29 is 9.59 Å². The van der Waals surface area contributed by atoms with Crippen LogP contribution in [0.5, 0.6) is 0 Å². The fourth-order valence-electron chi connectivity index (χ4n) is 2.99. The summed E-state index contributed by atoms with van der Waals surface area (Å²) in [4.78, 5) is 26.3. The third-order valence-electron chi connectivity index (χ3n) is 4.47. The van der Waals surface area contributed by atoms with E-state index in [9.17, 15) is 9.59 Å². The number of likely N-dealkylation sites (tertiary alicyclic amines) is 1. The van der Waals surface area contributed by atoms with Gasteiger partial charge in [-0.1, -0.05) is 29.6 Å². The number of rotatable bonds is 7. The molecular weight excluding hydrogens is 361 g/mol. The summed E-state index contributed by atoms with van der Waals surface area (Å²) in [5, 5.41) is 6.13. The van der Waals surface area contributed by atoms with Gasteiger partial charge in [-0.15, -0.1) is 0 Å². The van der Waals surface area contributed by atoms with Crippen molar-refractivity contribution in [2.75, 3.05) is 26.2 Å². The van der Waals surface area contributed by atoms with Crippen LogP contribution in [0, 0.1) is 0 Å². The highest BCUT2D eigenvalue weighted by atomic mass is 35.5. The normalized spacial score (nSPS) is 18.0. The van der Waals surface area contributed by atoms with Gasteiger partial charge in [0, 0.05) is 24.2 Å². The van der Waals surface area contributed by atoms with Crippen molar-refractivity contribution in [2.45, 2.75) is 38.6 Å². The SMILES string of the molecule is C[C@@H]1CCCCN1CCCNC(=O)CNC(=O)c1ccc(Cl)cc1Cl. The minimum Gasteiger partial charge on any atom is -0.355 e. The Morgan fingerprint density at radius 1 is 1.24 bits per heavy atom. The summed E-state index contributed by atoms with van der Waals surface area (Å²) in [7, 11) is 0. The number of benzene rings is 1. The molecule has 2 rings (SSSR count). The molecule has 138 valence electrons. The molecule has 0 saturated carbocycles. The average Bonchev–Trinajstić information content (AvgIpc) is 2.58. The Kier molecular flexibility index (Phi) is 8.00. The first kappa shape index (κ1) is 20.0. The van der Waals surface area contributed by atoms with Crippen molar-refractivity contribution >= 4 is 35.0 Å². The first-order chi connectivity index (χ1) is 12.0. The lowest BCUT2D eigenvalue weighted by molar-refractivity contribution is -0.120. The zero-order valence-electron chi connectivity index (χ0n) is 14.5. The van der Waals surface area contributed by atoms with E-state index < -0.39 is 0 Å². The van der Waals surface area contributed by atoms with Crippen molar-refractivity contribution in [1.29, 1.82) is 0 Å². The van der Waals surface area contributed by atoms with Crippen LogP contribution in [0.2, 0.25) is 10.0 Å². The molecule has 5 nitrogen and oxygen atoms in total. The smallest absolute Gasteiger partial charge is 0.253 e. The van der Waals surface area contributed by atoms with Crippen LogP contribution >= 0.6 is 23.2 Å². The summed E-state index contributed by atoms with van der Waals surface area (Å²) in [6.07, 6.45) is 4.74. The molecule has 1 saturated heterocycles. The molecule has 2 amide bonds. The predicted octanol–water partition coefficient (Wildman–Crippen LogP) is 3.10. The van der Waals surface area contributed by atoms with Gasteiger partial charge in [-0.2, -0.15) is 0 Å². The molecule has 1 aliphatic heterocycles. The van der Waals surface area contributed by atoms with Crippen LogP contribution in [0.25, 0.3) is 0 Å². The van der Waals surface area contributed by atoms with E-state index in [1.807, 2.05) is 0 Å². The first-order valence-electron chi connectivity index (χ1n) is 8.71. The second-order valence-electron chi connectivity index (χ2n) is 6.39. The number of nitrogens with one attached hydrogen (secondary N) is 2. The van der Waals surface area contributed by atoms with Crippen LogP contribution < -0.4 is 10.6 Å². The van der Waals surface area contributed by atoms with Gasteiger partial charge in [0.2, 0.25) is 5.91 Å². The molecule has 0 aliphatic carbocycles. The molecule has 1 fully saturated rings. The maximum absolute atomic E-state index is 12.0. The molecule has 2 N–H and O–H groups in total. The topological polar surface area (TPSA) is 61.4 Å². The zero-order chi connectivity index (χ0) is 18.2. The summed E-state index contributed by atoms with van der Waals surface area (Å²) < 4.78 is 0. The summed E-state index contributed by atoms with van der Waals surface area (Å²) >= 11 is 11.8. The molecule has 0 radical (unpaired) electrons. The van der Waals surface area contributed by atoms with Gasteiger partial charge in [0.15, 0.2) is 0 Å². The van der Waals surface area contributed by atoms with Crippen LogP contribution in [0.15, 0.2) is 18.2 Å². The number of carbonyl (C=O) groups is 2. The van der Waals surface area contributed by atoms with Crippen molar-refractivity contribution in [1.82, 2.24) is 15.5 Å². The van der Waals surface area contributed by atoms with E-state index in [0.717, 1.165) is 19.5 Å². The Balaban J connectivity index is 1.64. The molecule has 0 spiro atoms. The van der Waals surface area contributed by atoms with Gasteiger partial charge in [0.1, 0.15) is 0 Å². The number of hydrogen-bond acceptors (Lipinski definition) is 3. The number of halogens is 2. The monoisotopic (exact) mass is 385 g/mol. The lowest BCUT2D eigenvalue weighted by Gasteiger charge is -2.33. The summed E-state index contributed by atoms with van der Waals surface area (Å²) in [6, 6.07) is 5.26. The van der Waals surface area contributed by atoms with E-state index in [0.29, 0.717) is 23.2 Å². The molecular formula is C18H25Cl2N3O2. The van der Waals surface area contributed by atoms with E-state index in [1.54, 1.807) is 6.07 Å². The Bertz CT molecular complexity index is 610. The largest absolute Gasteiger partial charge is 0.355 e. The average molecular weight is 386 g/mol. The predicted molar refractivity (Wildman–Crippen MR) is 101 cm³/mol. The lowest BCUT2D eigenvalue weighted by atomic mass is 10.0. The maximum Gasteiger partial charge on any atom is 0.253 e. The lowest BCUT2D eigenvalue weighted by Crippen LogP contribution is -2.40. The van der Waals surface area contributed by atoms with Crippen molar-refractivity contribution in [3.63, 3.8) is 0 Å². The van der Waals surface area contributed by atoms with Gasteiger partial charge in [0.05, 0.1) is 17.1 Å². The minimum atomic E-state index is -0.390. The molecule has 1 aromatic carbocycles. The Morgan fingerprint density at radius 3 is 2.76 bits per heavy atom. The molecule has 7 heteroatoms. The highest BCUT2D eigenvalue weighted by molar-refractivity contribution is 6.36. The zero-order valence-corrected chi connectivity index (χ0v) is 16.0. The van der Waals surface area contributed by atoms with E-state index >= 15 is 0 Å². The Morgan fingerprint density at radius 2 is 2.04 bits per heavy atom. The van der Waals surface area contributed by atoms with Gasteiger partial charge in [-0.25, -0.2) is 0 Å². The van der Waals surface area contributed by atoms with Crippen LogP contribution in [0.3, 0.4) is 0 Å². The third kappa shape index (κ3) is 6.49. The Hall–Kier alpha value is -1.30. The second kappa shape index (κ2) is 10.00. The Labute approximate surface area is 159 Å². The highest BCUT2D eigenvalue weighted by Gasteiger charge is 2.17. The summed E-state index contributed by atoms with van der Waals surface area (Å²) in [6.45, 7) is 4.94. The van der Waals surface area contributed by atoms with Crippen molar-refractivity contribution in [3.8, 4) is 0 Å². The fourth-order valence-corrected chi connectivity index (χ4v) is 3.49. The summed E-state index contributed by atoms with van der Waals surface area (Å²) in [5.41, 5.74) is 0.304. The fraction of sp³-hybridized carbons (Fsp3) is 0.556. The first-order valence-corrected chi connectivity index (χ1v) is 9.47. The molecule has 1 heterocycles. The third-order valence-corrected chi connectivity index (χ3v) is 5.02. The van der Waals surface area contributed by atoms with Gasteiger partial charge < -0.3 is 15.5 Å². The number of amides is 2. The maximum atomic E-state index is 12.0. The number of carbonyl (C=O) groups excluding carboxylic acids is 2. The molecule has 1 atom stereocenters. The van der Waals surface area contributed by atoms with E-state index in [1.165, 1.54) is 31.4 Å². The number of hydrogen-bond donors (Lipinski definition) is 2. The van der Waals surface area contributed by atoms with E-state index in [-0.39, 0.29) is 23.4 Å². The molecule has 1 aliphatic rings. The van der Waals surface area contributed by atoms with Gasteiger partial charge in [0.25, 0.3) is 5.91 Å². The van der Waals surface area contributed by atoms with E-state index in [2.05, 4.69) is 22.5 Å². The molecule has 1 aromatic rings. The standard InChI is InChI=1S/C18H25Cl2N3O2/c1-13-5-2-3-9-23(13)10-4-8-21-17(24)12-22-18(25)15-7-6-14(19)11-16(15)20/h6-7,11,13H,2-5,8-10,12H2,1H3,(H,21,24)(H,22,25)/t13-/m1/s1. The number of piperidine rings is 1. The van der Waals surface area contributed by atoms with Gasteiger partial charge >= 0.3 is 0 Å². The van der Waals surface area contributed by atoms with Crippen LogP contribution in [0.1, 0.15) is 43.0 Å². The molecule has 25 heavy (non-hydrogen) atoms. The van der Waals surface area contributed by atoms with Gasteiger partial charge in [-0.3, -0.25) is 9.59 Å². The van der Waals surface area contributed by atoms with Crippen molar-refractivity contribution in [2.24, 2.45) is 0 Å². The second-order valence-corrected chi connectivity index (χ2v) is 7.23. The van der Waals surface area contributed by atoms with Crippen LogP contribution in [0.4, 0.5) is 0 Å². The quantitative estimate of drug-likeness (QED) is 0.708.